The quantitative estimate of drug-likeness (QED) is 0.345. The fourth-order valence-corrected chi connectivity index (χ4v) is 8.28. The molecule has 0 bridgehead atoms. The maximum absolute atomic E-state index is 13.6. The number of sulfonamides is 1. The molecular weight excluding hydrogens is 546 g/mol. The number of methoxy groups -OCH3 is 1. The molecule has 3 atom stereocenters. The van der Waals surface area contributed by atoms with Crippen molar-refractivity contribution in [3.63, 3.8) is 0 Å². The van der Waals surface area contributed by atoms with E-state index in [1.165, 1.54) is 5.56 Å². The average Bonchev–Trinajstić information content (AvgIpc) is 3.81. The van der Waals surface area contributed by atoms with Gasteiger partial charge in [-0.1, -0.05) is 19.1 Å². The van der Waals surface area contributed by atoms with Crippen LogP contribution in [0.5, 0.6) is 0 Å². The monoisotopic (exact) mass is 586 g/mol. The fourth-order valence-electron chi connectivity index (χ4n) is 6.91. The molecule has 3 saturated carbocycles. The van der Waals surface area contributed by atoms with Crippen LogP contribution in [0.1, 0.15) is 70.3 Å². The summed E-state index contributed by atoms with van der Waals surface area (Å²) in [6.07, 6.45) is 5.13. The predicted molar refractivity (Wildman–Crippen MR) is 145 cm³/mol. The van der Waals surface area contributed by atoms with Gasteiger partial charge in [-0.05, 0) is 81.0 Å². The number of nitrogens with zero attached hydrogens (tertiary/aromatic N) is 1. The van der Waals surface area contributed by atoms with Crippen LogP contribution in [0.3, 0.4) is 0 Å². The number of likely N-dealkylation sites (tertiary alicyclic amines) is 1. The van der Waals surface area contributed by atoms with Crippen molar-refractivity contribution in [3.8, 4) is 0 Å². The summed E-state index contributed by atoms with van der Waals surface area (Å²) in [7, 11) is -1.59. The van der Waals surface area contributed by atoms with E-state index in [1.54, 1.807) is 7.11 Å². The summed E-state index contributed by atoms with van der Waals surface area (Å²) in [6, 6.07) is 8.03. The number of carboxylic acid groups (broad SMARTS) is 2. The third kappa shape index (κ3) is 6.60. The van der Waals surface area contributed by atoms with Crippen LogP contribution in [-0.4, -0.2) is 79.0 Å². The first-order chi connectivity index (χ1) is 18.8. The smallest absolute Gasteiger partial charge is 0.414 e. The van der Waals surface area contributed by atoms with Crippen LogP contribution in [0, 0.1) is 11.8 Å². The van der Waals surface area contributed by atoms with E-state index in [2.05, 4.69) is 22.6 Å². The van der Waals surface area contributed by atoms with E-state index in [0.29, 0.717) is 30.4 Å². The number of alkyl halides is 2. The minimum Gasteiger partial charge on any atom is -0.473 e. The summed E-state index contributed by atoms with van der Waals surface area (Å²) in [4.78, 5) is 20.7. The molecule has 4 fully saturated rings. The molecule has 1 aromatic rings. The van der Waals surface area contributed by atoms with Crippen LogP contribution in [0.25, 0.3) is 0 Å². The van der Waals surface area contributed by atoms with E-state index in [4.69, 9.17) is 24.5 Å². The van der Waals surface area contributed by atoms with E-state index in [9.17, 15) is 17.2 Å². The van der Waals surface area contributed by atoms with Gasteiger partial charge in [0, 0.05) is 44.1 Å². The Hall–Kier alpha value is -2.31. The van der Waals surface area contributed by atoms with Crippen molar-refractivity contribution in [1.29, 1.82) is 0 Å². The van der Waals surface area contributed by atoms with Crippen molar-refractivity contribution in [2.45, 2.75) is 86.9 Å². The molecule has 4 aliphatic rings. The molecule has 5 rings (SSSR count). The Balaban J connectivity index is 0.000000557. The van der Waals surface area contributed by atoms with Gasteiger partial charge in [0.1, 0.15) is 0 Å². The molecule has 0 spiro atoms. The summed E-state index contributed by atoms with van der Waals surface area (Å²) in [6.45, 7) is 5.32. The first-order valence-electron chi connectivity index (χ1n) is 14.0. The average molecular weight is 587 g/mol. The van der Waals surface area contributed by atoms with Gasteiger partial charge in [0.25, 0.3) is 0 Å². The highest BCUT2D eigenvalue weighted by Gasteiger charge is 2.67. The number of benzene rings is 1. The second-order valence-electron chi connectivity index (χ2n) is 11.8. The third-order valence-electron chi connectivity index (χ3n) is 9.43. The molecular formula is C28H40F2N2O7S. The van der Waals surface area contributed by atoms with E-state index < -0.39 is 27.9 Å². The standard InChI is InChI=1S/C26H38F2N2O3S.C2H2O4/c1-3-26(19-6-4-7-20(16-19)29-34(31,32)21-8-9-21)22-17-30(18-23(22)26)15-5-10-24(33-2)11-13-25(27,28)14-12-24;3-1(4)2(5)6/h4,6-7,16,21-23,29H,3,5,8-15,17-18H2,1-2H3;(H,3,4)(H,5,6)/t22-,23+,26?;. The SMILES string of the molecule is CCC1(c2cccc(NS(=O)(=O)C3CC3)c2)[C@@H]2CN(CCCC3(OC)CCC(F)(F)CC3)C[C@@H]21.O=C(O)C(=O)O. The van der Waals surface area contributed by atoms with Crippen molar-refractivity contribution in [2.24, 2.45) is 11.8 Å². The first-order valence-corrected chi connectivity index (χ1v) is 15.6. The van der Waals surface area contributed by atoms with Crippen molar-refractivity contribution in [3.05, 3.63) is 29.8 Å². The van der Waals surface area contributed by atoms with E-state index in [-0.39, 0.29) is 29.1 Å². The van der Waals surface area contributed by atoms with Gasteiger partial charge < -0.3 is 19.8 Å². The van der Waals surface area contributed by atoms with Gasteiger partial charge in [-0.25, -0.2) is 26.8 Å². The van der Waals surface area contributed by atoms with Crippen LogP contribution in [0.4, 0.5) is 14.5 Å². The Kier molecular flexibility index (Phi) is 8.83. The van der Waals surface area contributed by atoms with Gasteiger partial charge in [-0.2, -0.15) is 0 Å². The summed E-state index contributed by atoms with van der Waals surface area (Å²) in [5.74, 6) is -4.99. The van der Waals surface area contributed by atoms with Gasteiger partial charge in [0.15, 0.2) is 0 Å². The number of piperidine rings is 1. The maximum atomic E-state index is 13.6. The Morgan fingerprint density at radius 1 is 1.07 bits per heavy atom. The number of nitrogens with one attached hydrogen (secondary N) is 1. The lowest BCUT2D eigenvalue weighted by Crippen LogP contribution is -2.41. The molecule has 1 unspecified atom stereocenters. The fraction of sp³-hybridized carbons (Fsp3) is 0.714. The largest absolute Gasteiger partial charge is 0.473 e. The molecule has 1 aromatic carbocycles. The number of carboxylic acids is 2. The molecule has 224 valence electrons. The van der Waals surface area contributed by atoms with E-state index >= 15 is 0 Å². The Morgan fingerprint density at radius 3 is 2.17 bits per heavy atom. The molecule has 3 N–H and O–H groups in total. The lowest BCUT2D eigenvalue weighted by Gasteiger charge is -2.39. The van der Waals surface area contributed by atoms with E-state index in [1.807, 2.05) is 18.2 Å². The molecule has 0 amide bonds. The van der Waals surface area contributed by atoms with Crippen LogP contribution in [0.15, 0.2) is 24.3 Å². The van der Waals surface area contributed by atoms with Crippen LogP contribution < -0.4 is 4.72 Å². The molecule has 1 aliphatic heterocycles. The first kappa shape index (κ1) is 30.6. The highest BCUT2D eigenvalue weighted by atomic mass is 32.2. The zero-order chi connectivity index (χ0) is 29.3. The predicted octanol–water partition coefficient (Wildman–Crippen LogP) is 4.33. The molecule has 1 heterocycles. The molecule has 0 radical (unpaired) electrons. The Bertz CT molecular complexity index is 1170. The number of hydrogen-bond acceptors (Lipinski definition) is 6. The normalized spacial score (nSPS) is 28.6. The van der Waals surface area contributed by atoms with Crippen LogP contribution in [0.2, 0.25) is 0 Å². The van der Waals surface area contributed by atoms with Gasteiger partial charge in [0.2, 0.25) is 15.9 Å². The molecule has 12 heteroatoms. The lowest BCUT2D eigenvalue weighted by atomic mass is 9.79. The molecule has 0 aromatic heterocycles. The highest BCUT2D eigenvalue weighted by molar-refractivity contribution is 7.93. The second-order valence-corrected chi connectivity index (χ2v) is 13.7. The summed E-state index contributed by atoms with van der Waals surface area (Å²) in [5.41, 5.74) is 1.69. The van der Waals surface area contributed by atoms with Crippen molar-refractivity contribution < 1.29 is 41.7 Å². The molecule has 40 heavy (non-hydrogen) atoms. The second kappa shape index (κ2) is 11.5. The van der Waals surface area contributed by atoms with Crippen molar-refractivity contribution in [1.82, 2.24) is 4.90 Å². The number of aliphatic carboxylic acids is 2. The zero-order valence-electron chi connectivity index (χ0n) is 23.1. The zero-order valence-corrected chi connectivity index (χ0v) is 23.9. The minimum absolute atomic E-state index is 0.0659. The Labute approximate surface area is 234 Å². The van der Waals surface area contributed by atoms with Crippen molar-refractivity contribution in [2.75, 3.05) is 31.5 Å². The van der Waals surface area contributed by atoms with Gasteiger partial charge >= 0.3 is 11.9 Å². The van der Waals surface area contributed by atoms with Crippen LogP contribution >= 0.6 is 0 Å². The summed E-state index contributed by atoms with van der Waals surface area (Å²) < 4.78 is 60.5. The van der Waals surface area contributed by atoms with Crippen molar-refractivity contribution >= 4 is 27.6 Å². The van der Waals surface area contributed by atoms with Gasteiger partial charge in [-0.3, -0.25) is 4.72 Å². The number of fused-ring (bicyclic) bond motifs is 1. The number of ether oxygens (including phenoxy) is 1. The summed E-state index contributed by atoms with van der Waals surface area (Å²) in [5, 5.41) is 14.6. The lowest BCUT2D eigenvalue weighted by molar-refractivity contribution is -0.159. The van der Waals surface area contributed by atoms with Crippen LogP contribution in [-0.2, 0) is 29.8 Å². The highest BCUT2D eigenvalue weighted by Crippen LogP contribution is 2.65. The molecule has 3 aliphatic carbocycles. The number of halogens is 2. The van der Waals surface area contributed by atoms with Gasteiger partial charge in [0.05, 0.1) is 10.9 Å². The maximum Gasteiger partial charge on any atom is 0.414 e. The topological polar surface area (TPSA) is 133 Å². The number of hydrogen-bond donors (Lipinski definition) is 3. The number of anilines is 1. The summed E-state index contributed by atoms with van der Waals surface area (Å²) >= 11 is 0. The third-order valence-corrected chi connectivity index (χ3v) is 11.3. The molecule has 1 saturated heterocycles. The number of rotatable bonds is 10. The minimum atomic E-state index is -3.26. The Morgan fingerprint density at radius 2 is 1.68 bits per heavy atom. The molecule has 9 nitrogen and oxygen atoms in total. The van der Waals surface area contributed by atoms with E-state index in [0.717, 1.165) is 51.7 Å². The van der Waals surface area contributed by atoms with Gasteiger partial charge in [-0.15, -0.1) is 0 Å². The number of carbonyl (C=O) groups is 2.